The van der Waals surface area contributed by atoms with Gasteiger partial charge in [0.1, 0.15) is 11.6 Å². The van der Waals surface area contributed by atoms with Crippen molar-refractivity contribution in [2.75, 3.05) is 5.32 Å². The molecule has 3 nitrogen and oxygen atoms in total. The summed E-state index contributed by atoms with van der Waals surface area (Å²) in [7, 11) is 0. The zero-order chi connectivity index (χ0) is 17.9. The van der Waals surface area contributed by atoms with Gasteiger partial charge in [-0.25, -0.2) is 0 Å². The quantitative estimate of drug-likeness (QED) is 0.513. The predicted molar refractivity (Wildman–Crippen MR) is 102 cm³/mol. The highest BCUT2D eigenvalue weighted by molar-refractivity contribution is 5.86. The van der Waals surface area contributed by atoms with Gasteiger partial charge in [0.25, 0.3) is 0 Å². The summed E-state index contributed by atoms with van der Waals surface area (Å²) in [5.74, 6) is 0.0697. The Bertz CT molecular complexity index is 584. The van der Waals surface area contributed by atoms with Crippen LogP contribution in [0.15, 0.2) is 43.1 Å². The van der Waals surface area contributed by atoms with E-state index in [1.165, 1.54) is 26.2 Å². The van der Waals surface area contributed by atoms with E-state index in [9.17, 15) is 9.59 Å². The third-order valence-electron chi connectivity index (χ3n) is 3.86. The van der Waals surface area contributed by atoms with Crippen molar-refractivity contribution in [3.8, 4) is 0 Å². The highest BCUT2D eigenvalue weighted by atomic mass is 16.1. The lowest BCUT2D eigenvalue weighted by Crippen LogP contribution is -2.07. The molecule has 0 spiro atoms. The number of carbonyl (C=O) groups excluding carboxylic acids is 2. The number of rotatable bonds is 12. The molecule has 1 rings (SSSR count). The molecule has 0 atom stereocenters. The molecule has 0 aliphatic rings. The van der Waals surface area contributed by atoms with E-state index in [1.54, 1.807) is 0 Å². The lowest BCUT2D eigenvalue weighted by atomic mass is 10.0. The number of Topliss-reactive ketones (excluding diaryl/α,β-unsaturated/α-hetero) is 2. The van der Waals surface area contributed by atoms with E-state index in [1.807, 2.05) is 24.3 Å². The maximum absolute atomic E-state index is 11.8. The summed E-state index contributed by atoms with van der Waals surface area (Å²) in [5, 5.41) is 3.15. The highest BCUT2D eigenvalue weighted by Gasteiger charge is 2.07. The number of allylic oxidation sites excluding steroid dienone is 2. The number of anilines is 1. The molecule has 0 aliphatic carbocycles. The molecule has 0 unspecified atom stereocenters. The second-order valence-corrected chi connectivity index (χ2v) is 6.28. The van der Waals surface area contributed by atoms with Crippen LogP contribution in [0.3, 0.4) is 0 Å². The van der Waals surface area contributed by atoms with E-state index in [0.717, 1.165) is 23.2 Å². The molecule has 1 aromatic carbocycles. The van der Waals surface area contributed by atoms with Crippen LogP contribution >= 0.6 is 0 Å². The fourth-order valence-electron chi connectivity index (χ4n) is 2.41. The molecule has 130 valence electrons. The van der Waals surface area contributed by atoms with Gasteiger partial charge < -0.3 is 10.1 Å². The smallest absolute Gasteiger partial charge is 0.139 e. The fraction of sp³-hybridized carbons (Fsp3) is 0.429. The fourth-order valence-corrected chi connectivity index (χ4v) is 2.41. The van der Waals surface area contributed by atoms with Crippen LogP contribution in [0.25, 0.3) is 5.57 Å². The summed E-state index contributed by atoms with van der Waals surface area (Å²) in [6.45, 7) is 11.7. The first-order valence-corrected chi connectivity index (χ1v) is 8.66. The van der Waals surface area contributed by atoms with Gasteiger partial charge in [0.2, 0.25) is 0 Å². The molecule has 3 heteroatoms. The molecular weight excluding hydrogens is 298 g/mol. The first kappa shape index (κ1) is 19.9. The second kappa shape index (κ2) is 10.6. The molecule has 0 radical (unpaired) electrons. The molecule has 0 saturated heterocycles. The third kappa shape index (κ3) is 7.91. The average molecular weight is 327 g/mol. The standard InChI is InChI=1S/C21H29NO2/c1-5-6-7-8-16(2)19-10-12-20(13-11-19)22-17(3)15-21(24)14-9-18(4)23/h10-13,22H,2-3,5-9,14-15H2,1,4H3. The Hall–Kier alpha value is -2.16. The Balaban J connectivity index is 2.45. The summed E-state index contributed by atoms with van der Waals surface area (Å²) < 4.78 is 0. The minimum atomic E-state index is 0.0311. The summed E-state index contributed by atoms with van der Waals surface area (Å²) in [4.78, 5) is 22.6. The summed E-state index contributed by atoms with van der Waals surface area (Å²) in [5.41, 5.74) is 3.87. The summed E-state index contributed by atoms with van der Waals surface area (Å²) in [6, 6.07) is 8.04. The maximum atomic E-state index is 11.8. The Morgan fingerprint density at radius 2 is 1.67 bits per heavy atom. The zero-order valence-electron chi connectivity index (χ0n) is 15.0. The van der Waals surface area contributed by atoms with Gasteiger partial charge in [0, 0.05) is 30.6 Å². The van der Waals surface area contributed by atoms with Gasteiger partial charge in [0.15, 0.2) is 0 Å². The van der Waals surface area contributed by atoms with Crippen molar-refractivity contribution in [3.63, 3.8) is 0 Å². The molecule has 1 aromatic rings. The molecule has 1 N–H and O–H groups in total. The van der Waals surface area contributed by atoms with Crippen molar-refractivity contribution in [1.82, 2.24) is 0 Å². The van der Waals surface area contributed by atoms with E-state index in [2.05, 4.69) is 25.4 Å². The SMILES string of the molecule is C=C(CC(=O)CCC(C)=O)Nc1ccc(C(=C)CCCCC)cc1. The van der Waals surface area contributed by atoms with Crippen LogP contribution in [-0.4, -0.2) is 11.6 Å². The molecule has 0 saturated carbocycles. The van der Waals surface area contributed by atoms with E-state index in [0.29, 0.717) is 12.1 Å². The lowest BCUT2D eigenvalue weighted by molar-refractivity contribution is -0.122. The van der Waals surface area contributed by atoms with Gasteiger partial charge in [-0.05, 0) is 43.0 Å². The molecule has 0 heterocycles. The summed E-state index contributed by atoms with van der Waals surface area (Å²) >= 11 is 0. The minimum Gasteiger partial charge on any atom is -0.359 e. The van der Waals surface area contributed by atoms with Crippen molar-refractivity contribution in [2.24, 2.45) is 0 Å². The number of hydrogen-bond donors (Lipinski definition) is 1. The number of benzene rings is 1. The number of unbranched alkanes of at least 4 members (excludes halogenated alkanes) is 2. The Morgan fingerprint density at radius 1 is 1.00 bits per heavy atom. The topological polar surface area (TPSA) is 46.2 Å². The van der Waals surface area contributed by atoms with E-state index in [-0.39, 0.29) is 24.4 Å². The Morgan fingerprint density at radius 3 is 2.25 bits per heavy atom. The van der Waals surface area contributed by atoms with Crippen molar-refractivity contribution < 1.29 is 9.59 Å². The Labute approximate surface area is 145 Å². The van der Waals surface area contributed by atoms with Crippen LogP contribution in [0.1, 0.15) is 64.4 Å². The largest absolute Gasteiger partial charge is 0.359 e. The number of nitrogens with one attached hydrogen (secondary N) is 1. The molecule has 24 heavy (non-hydrogen) atoms. The van der Waals surface area contributed by atoms with Gasteiger partial charge in [-0.2, -0.15) is 0 Å². The van der Waals surface area contributed by atoms with Crippen molar-refractivity contribution >= 4 is 22.8 Å². The zero-order valence-corrected chi connectivity index (χ0v) is 15.0. The molecule has 0 fully saturated rings. The average Bonchev–Trinajstić information content (AvgIpc) is 2.53. The highest BCUT2D eigenvalue weighted by Crippen LogP contribution is 2.22. The van der Waals surface area contributed by atoms with Gasteiger partial charge in [-0.3, -0.25) is 4.79 Å². The molecule has 0 bridgehead atoms. The minimum absolute atomic E-state index is 0.0311. The maximum Gasteiger partial charge on any atom is 0.139 e. The molecule has 0 amide bonds. The third-order valence-corrected chi connectivity index (χ3v) is 3.86. The van der Waals surface area contributed by atoms with Gasteiger partial charge in [-0.1, -0.05) is 45.1 Å². The van der Waals surface area contributed by atoms with E-state index in [4.69, 9.17) is 0 Å². The molecule has 0 aromatic heterocycles. The van der Waals surface area contributed by atoms with E-state index >= 15 is 0 Å². The van der Waals surface area contributed by atoms with Crippen LogP contribution < -0.4 is 5.32 Å². The van der Waals surface area contributed by atoms with Crippen LogP contribution in [0.2, 0.25) is 0 Å². The van der Waals surface area contributed by atoms with Gasteiger partial charge in [-0.15, -0.1) is 0 Å². The molecule has 0 aliphatic heterocycles. The van der Waals surface area contributed by atoms with E-state index < -0.39 is 0 Å². The van der Waals surface area contributed by atoms with Crippen LogP contribution in [-0.2, 0) is 9.59 Å². The van der Waals surface area contributed by atoms with Crippen molar-refractivity contribution in [1.29, 1.82) is 0 Å². The molecular formula is C21H29NO2. The lowest BCUT2D eigenvalue weighted by Gasteiger charge is -2.11. The summed E-state index contributed by atoms with van der Waals surface area (Å²) in [6.07, 6.45) is 5.48. The number of ketones is 2. The van der Waals surface area contributed by atoms with Crippen LogP contribution in [0.4, 0.5) is 5.69 Å². The first-order chi connectivity index (χ1) is 11.4. The second-order valence-electron chi connectivity index (χ2n) is 6.28. The van der Waals surface area contributed by atoms with Crippen molar-refractivity contribution in [3.05, 3.63) is 48.7 Å². The first-order valence-electron chi connectivity index (χ1n) is 8.66. The predicted octanol–water partition coefficient (Wildman–Crippen LogP) is 5.53. The normalized spacial score (nSPS) is 10.2. The van der Waals surface area contributed by atoms with Crippen LogP contribution in [0, 0.1) is 0 Å². The number of hydrogen-bond acceptors (Lipinski definition) is 3. The Kier molecular flexibility index (Phi) is 8.77. The monoisotopic (exact) mass is 327 g/mol. The van der Waals surface area contributed by atoms with Gasteiger partial charge >= 0.3 is 0 Å². The van der Waals surface area contributed by atoms with Gasteiger partial charge in [0.05, 0.1) is 0 Å². The number of carbonyl (C=O) groups is 2. The van der Waals surface area contributed by atoms with Crippen molar-refractivity contribution in [2.45, 2.75) is 58.8 Å². The van der Waals surface area contributed by atoms with Crippen LogP contribution in [0.5, 0.6) is 0 Å².